The molecule has 2 aromatic rings. The molecule has 1 heterocycles. The largest absolute Gasteiger partial charge is 0.417 e. The number of aromatic nitrogens is 1. The standard InChI is InChI=1S/C9H6ClNS.C7H3F3/c10-9-11-8(6-12-9)7-4-2-1-3-5-7;8-7(9,10)6-3-4-1-2-5(4)6/h1-6H;1-3H. The van der Waals surface area contributed by atoms with Gasteiger partial charge in [0.1, 0.15) is 0 Å². The fourth-order valence-corrected chi connectivity index (χ4v) is 2.79. The SMILES string of the molecule is Clc1nc(-c2ccccc2)cs1.FC(F)(F)c1cc2ccc1-2. The van der Waals surface area contributed by atoms with Crippen molar-refractivity contribution in [1.29, 1.82) is 0 Å². The van der Waals surface area contributed by atoms with E-state index in [0.29, 0.717) is 10.0 Å². The molecule has 0 spiro atoms. The van der Waals surface area contributed by atoms with Crippen LogP contribution in [0.1, 0.15) is 5.56 Å². The van der Waals surface area contributed by atoms with Gasteiger partial charge in [0, 0.05) is 10.9 Å². The summed E-state index contributed by atoms with van der Waals surface area (Å²) >= 11 is 7.17. The molecule has 4 rings (SSSR count). The minimum absolute atomic E-state index is 0.368. The van der Waals surface area contributed by atoms with Gasteiger partial charge in [0.2, 0.25) is 0 Å². The predicted octanol–water partition coefficient (Wildman–Crippen LogP) is 6.15. The van der Waals surface area contributed by atoms with Crippen LogP contribution in [-0.2, 0) is 6.18 Å². The Morgan fingerprint density at radius 1 is 0.955 bits per heavy atom. The van der Waals surface area contributed by atoms with Crippen LogP contribution in [0.4, 0.5) is 13.2 Å². The molecule has 0 radical (unpaired) electrons. The van der Waals surface area contributed by atoms with E-state index >= 15 is 0 Å². The van der Waals surface area contributed by atoms with Gasteiger partial charge in [-0.1, -0.05) is 54.1 Å². The lowest BCUT2D eigenvalue weighted by atomic mass is 9.86. The summed E-state index contributed by atoms with van der Waals surface area (Å²) in [6.07, 6.45) is -4.15. The van der Waals surface area contributed by atoms with E-state index in [9.17, 15) is 13.2 Å². The normalized spacial score (nSPS) is 11.6. The van der Waals surface area contributed by atoms with Gasteiger partial charge >= 0.3 is 6.18 Å². The average molecular weight is 340 g/mol. The van der Waals surface area contributed by atoms with Crippen molar-refractivity contribution in [1.82, 2.24) is 4.98 Å². The molecule has 1 nitrogen and oxygen atoms in total. The van der Waals surface area contributed by atoms with E-state index in [0.717, 1.165) is 22.9 Å². The molecule has 0 atom stereocenters. The average Bonchev–Trinajstić information content (AvgIpc) is 2.89. The smallest absolute Gasteiger partial charge is 0.225 e. The van der Waals surface area contributed by atoms with Crippen LogP contribution in [0.15, 0.2) is 53.9 Å². The summed E-state index contributed by atoms with van der Waals surface area (Å²) in [4.78, 5) is 4.16. The van der Waals surface area contributed by atoms with Crippen LogP contribution in [0.2, 0.25) is 4.47 Å². The van der Waals surface area contributed by atoms with E-state index in [-0.39, 0.29) is 0 Å². The molecular formula is C16H9ClF3NS. The van der Waals surface area contributed by atoms with E-state index in [1.807, 2.05) is 35.7 Å². The van der Waals surface area contributed by atoms with Crippen molar-refractivity contribution in [3.63, 3.8) is 0 Å². The minimum atomic E-state index is -4.15. The highest BCUT2D eigenvalue weighted by Gasteiger charge is 2.38. The van der Waals surface area contributed by atoms with Crippen molar-refractivity contribution in [3.05, 3.63) is 63.9 Å². The molecule has 0 bridgehead atoms. The Morgan fingerprint density at radius 2 is 1.68 bits per heavy atom. The summed E-state index contributed by atoms with van der Waals surface area (Å²) in [5.74, 6) is 0. The molecule has 2 aliphatic carbocycles. The summed E-state index contributed by atoms with van der Waals surface area (Å²) < 4.78 is 36.1. The molecule has 0 saturated carbocycles. The quantitative estimate of drug-likeness (QED) is 0.405. The summed E-state index contributed by atoms with van der Waals surface area (Å²) in [6.45, 7) is 0. The Bertz CT molecular complexity index is 797. The molecular weight excluding hydrogens is 331 g/mol. The van der Waals surface area contributed by atoms with Gasteiger partial charge < -0.3 is 0 Å². The summed E-state index contributed by atoms with van der Waals surface area (Å²) in [5, 5.41) is 1.96. The number of nitrogens with zero attached hydrogens (tertiary/aromatic N) is 1. The van der Waals surface area contributed by atoms with Crippen LogP contribution in [0, 0.1) is 0 Å². The monoisotopic (exact) mass is 339 g/mol. The fourth-order valence-electron chi connectivity index (χ4n) is 2.02. The predicted molar refractivity (Wildman–Crippen MR) is 83.0 cm³/mol. The fraction of sp³-hybridized carbons (Fsp3) is 0.0625. The summed E-state index contributed by atoms with van der Waals surface area (Å²) in [7, 11) is 0. The van der Waals surface area contributed by atoms with Gasteiger partial charge in [-0.25, -0.2) is 4.98 Å². The molecule has 0 aliphatic heterocycles. The molecule has 0 amide bonds. The number of hydrogen-bond acceptors (Lipinski definition) is 2. The van der Waals surface area contributed by atoms with Gasteiger partial charge in [-0.05, 0) is 17.2 Å². The third-order valence-corrected chi connectivity index (χ3v) is 4.16. The number of rotatable bonds is 1. The van der Waals surface area contributed by atoms with Gasteiger partial charge in [0.05, 0.1) is 11.3 Å². The number of alkyl halides is 3. The van der Waals surface area contributed by atoms with Crippen molar-refractivity contribution in [2.24, 2.45) is 0 Å². The van der Waals surface area contributed by atoms with Crippen LogP contribution in [0.3, 0.4) is 0 Å². The highest BCUT2D eigenvalue weighted by atomic mass is 35.5. The first kappa shape index (κ1) is 15.1. The Kier molecular flexibility index (Phi) is 3.93. The molecule has 1 aromatic carbocycles. The van der Waals surface area contributed by atoms with Gasteiger partial charge in [-0.3, -0.25) is 0 Å². The van der Waals surface area contributed by atoms with Gasteiger partial charge in [-0.2, -0.15) is 13.2 Å². The molecule has 0 saturated heterocycles. The molecule has 112 valence electrons. The molecule has 0 fully saturated rings. The highest BCUT2D eigenvalue weighted by Crippen LogP contribution is 2.45. The van der Waals surface area contributed by atoms with Gasteiger partial charge in [0.25, 0.3) is 0 Å². The lowest BCUT2D eigenvalue weighted by Gasteiger charge is -2.22. The zero-order valence-corrected chi connectivity index (χ0v) is 12.6. The molecule has 22 heavy (non-hydrogen) atoms. The Morgan fingerprint density at radius 3 is 2.05 bits per heavy atom. The zero-order chi connectivity index (χ0) is 15.7. The third-order valence-electron chi connectivity index (χ3n) is 3.18. The molecule has 6 heteroatoms. The molecule has 1 aromatic heterocycles. The van der Waals surface area contributed by atoms with Crippen LogP contribution < -0.4 is 0 Å². The topological polar surface area (TPSA) is 12.9 Å². The van der Waals surface area contributed by atoms with Crippen molar-refractivity contribution in [2.45, 2.75) is 6.18 Å². The van der Waals surface area contributed by atoms with Crippen molar-refractivity contribution in [2.75, 3.05) is 0 Å². The number of thiazole rings is 1. The Labute approximate surface area is 134 Å². The van der Waals surface area contributed by atoms with Crippen LogP contribution in [0.5, 0.6) is 0 Å². The van der Waals surface area contributed by atoms with E-state index < -0.39 is 11.7 Å². The van der Waals surface area contributed by atoms with Crippen molar-refractivity contribution < 1.29 is 13.2 Å². The second kappa shape index (κ2) is 5.74. The van der Waals surface area contributed by atoms with Gasteiger partial charge in [-0.15, -0.1) is 11.3 Å². The lowest BCUT2D eigenvalue weighted by Crippen LogP contribution is -2.12. The van der Waals surface area contributed by atoms with E-state index in [1.165, 1.54) is 17.4 Å². The van der Waals surface area contributed by atoms with Crippen LogP contribution in [-0.4, -0.2) is 4.98 Å². The summed E-state index contributed by atoms with van der Waals surface area (Å²) in [5.41, 5.74) is 2.68. The minimum Gasteiger partial charge on any atom is -0.225 e. The highest BCUT2D eigenvalue weighted by molar-refractivity contribution is 7.14. The maximum absolute atomic E-state index is 11.8. The lowest BCUT2D eigenvalue weighted by molar-refractivity contribution is -0.137. The van der Waals surface area contributed by atoms with E-state index in [4.69, 9.17) is 11.6 Å². The van der Waals surface area contributed by atoms with Crippen LogP contribution >= 0.6 is 22.9 Å². The number of fused-ring (bicyclic) bond motifs is 1. The van der Waals surface area contributed by atoms with E-state index in [1.54, 1.807) is 6.07 Å². The van der Waals surface area contributed by atoms with Crippen molar-refractivity contribution >= 4 is 22.9 Å². The molecule has 0 unspecified atom stereocenters. The molecule has 2 aliphatic rings. The Hall–Kier alpha value is -1.85. The van der Waals surface area contributed by atoms with Crippen LogP contribution in [0.25, 0.3) is 22.4 Å². The first-order valence-electron chi connectivity index (χ1n) is 6.33. The first-order valence-corrected chi connectivity index (χ1v) is 7.59. The summed E-state index contributed by atoms with van der Waals surface area (Å²) in [6, 6.07) is 14.3. The second-order valence-electron chi connectivity index (χ2n) is 4.61. The molecule has 0 N–H and O–H groups in total. The number of benzene rings is 2. The Balaban J connectivity index is 0.000000133. The first-order chi connectivity index (χ1) is 10.4. The zero-order valence-electron chi connectivity index (χ0n) is 11.1. The third kappa shape index (κ3) is 3.00. The van der Waals surface area contributed by atoms with E-state index in [2.05, 4.69) is 4.98 Å². The van der Waals surface area contributed by atoms with Gasteiger partial charge in [0.15, 0.2) is 4.47 Å². The maximum atomic E-state index is 11.8. The van der Waals surface area contributed by atoms with Crippen molar-refractivity contribution in [3.8, 4) is 22.4 Å². The number of hydrogen-bond donors (Lipinski definition) is 0. The maximum Gasteiger partial charge on any atom is 0.417 e. The number of halogens is 4. The second-order valence-corrected chi connectivity index (χ2v) is 6.05.